The van der Waals surface area contributed by atoms with E-state index in [1.54, 1.807) is 0 Å². The van der Waals surface area contributed by atoms with Gasteiger partial charge in [0.25, 0.3) is 0 Å². The zero-order valence-corrected chi connectivity index (χ0v) is 14.5. The molecule has 1 amide bonds. The molecule has 0 aromatic carbocycles. The summed E-state index contributed by atoms with van der Waals surface area (Å²) in [5, 5.41) is 6.39. The molecular formula is C18H29N3O2. The number of hydrogen-bond donors (Lipinski definition) is 2. The Hall–Kier alpha value is -1.62. The fourth-order valence-electron chi connectivity index (χ4n) is 2.84. The number of unbranched alkanes of at least 4 members (excludes halogenated alkanes) is 1. The van der Waals surface area contributed by atoms with Crippen molar-refractivity contribution in [1.29, 1.82) is 0 Å². The van der Waals surface area contributed by atoms with Crippen molar-refractivity contribution in [1.82, 2.24) is 15.6 Å². The number of nitrogens with zero attached hydrogens (tertiary/aromatic N) is 1. The molecule has 0 bridgehead atoms. The number of nitrogens with one attached hydrogen (secondary N) is 2. The van der Waals surface area contributed by atoms with Gasteiger partial charge in [0.15, 0.2) is 0 Å². The lowest BCUT2D eigenvalue weighted by Crippen LogP contribution is -2.33. The van der Waals surface area contributed by atoms with E-state index in [2.05, 4.69) is 21.7 Å². The molecule has 0 saturated carbocycles. The standard InChI is InChI=1S/C18H29N3O2/c1-18(2,3)23-17(22)21-12-5-4-11-19-15-10-6-8-14-9-7-13-20-16(14)15/h7,9,13,15,19H,4-6,8,10-12H2,1-3H3,(H,21,22)/t15-/m1/s1. The third-order valence-electron chi connectivity index (χ3n) is 3.86. The molecule has 1 aromatic rings. The Balaban J connectivity index is 1.61. The Bertz CT molecular complexity index is 511. The molecule has 0 fully saturated rings. The van der Waals surface area contributed by atoms with E-state index in [0.29, 0.717) is 12.6 Å². The highest BCUT2D eigenvalue weighted by Crippen LogP contribution is 2.27. The second kappa shape index (κ2) is 8.29. The van der Waals surface area contributed by atoms with Crippen LogP contribution in [0.15, 0.2) is 18.3 Å². The first-order valence-corrected chi connectivity index (χ1v) is 8.60. The second-order valence-electron chi connectivity index (χ2n) is 7.08. The van der Waals surface area contributed by atoms with Crippen molar-refractivity contribution in [2.24, 2.45) is 0 Å². The van der Waals surface area contributed by atoms with Gasteiger partial charge in [-0.2, -0.15) is 0 Å². The molecule has 128 valence electrons. The van der Waals surface area contributed by atoms with Gasteiger partial charge >= 0.3 is 6.09 Å². The summed E-state index contributed by atoms with van der Waals surface area (Å²) < 4.78 is 5.20. The van der Waals surface area contributed by atoms with Crippen LogP contribution in [-0.4, -0.2) is 29.8 Å². The molecule has 0 radical (unpaired) electrons. The van der Waals surface area contributed by atoms with Crippen LogP contribution in [0.25, 0.3) is 0 Å². The summed E-state index contributed by atoms with van der Waals surface area (Å²) >= 11 is 0. The minimum atomic E-state index is -0.437. The molecule has 2 N–H and O–H groups in total. The lowest BCUT2D eigenvalue weighted by molar-refractivity contribution is 0.0527. The van der Waals surface area contributed by atoms with Crippen molar-refractivity contribution >= 4 is 6.09 Å². The predicted molar refractivity (Wildman–Crippen MR) is 91.4 cm³/mol. The largest absolute Gasteiger partial charge is 0.444 e. The Kier molecular flexibility index (Phi) is 6.39. The van der Waals surface area contributed by atoms with Gasteiger partial charge in [0.05, 0.1) is 5.69 Å². The summed E-state index contributed by atoms with van der Waals surface area (Å²) in [7, 11) is 0. The summed E-state index contributed by atoms with van der Waals surface area (Å²) in [5.41, 5.74) is 2.15. The first kappa shape index (κ1) is 17.7. The van der Waals surface area contributed by atoms with E-state index in [0.717, 1.165) is 32.2 Å². The monoisotopic (exact) mass is 319 g/mol. The topological polar surface area (TPSA) is 63.2 Å². The van der Waals surface area contributed by atoms with Crippen LogP contribution in [0.1, 0.15) is 63.8 Å². The highest BCUT2D eigenvalue weighted by atomic mass is 16.6. The zero-order chi connectivity index (χ0) is 16.7. The van der Waals surface area contributed by atoms with E-state index in [1.807, 2.05) is 33.0 Å². The molecular weight excluding hydrogens is 290 g/mol. The lowest BCUT2D eigenvalue weighted by atomic mass is 9.92. The number of hydrogen-bond acceptors (Lipinski definition) is 4. The first-order valence-electron chi connectivity index (χ1n) is 8.60. The molecule has 1 atom stereocenters. The fraction of sp³-hybridized carbons (Fsp3) is 0.667. The summed E-state index contributed by atoms with van der Waals surface area (Å²) in [6.07, 6.45) is 7.01. The Morgan fingerprint density at radius 2 is 2.13 bits per heavy atom. The van der Waals surface area contributed by atoms with E-state index in [1.165, 1.54) is 17.7 Å². The quantitative estimate of drug-likeness (QED) is 0.789. The van der Waals surface area contributed by atoms with Crippen molar-refractivity contribution in [3.05, 3.63) is 29.6 Å². The van der Waals surface area contributed by atoms with Gasteiger partial charge in [0.2, 0.25) is 0 Å². The van der Waals surface area contributed by atoms with Crippen LogP contribution >= 0.6 is 0 Å². The third-order valence-corrected chi connectivity index (χ3v) is 3.86. The molecule has 1 aromatic heterocycles. The number of pyridine rings is 1. The van der Waals surface area contributed by atoms with Gasteiger partial charge in [0.1, 0.15) is 5.60 Å². The normalized spacial score (nSPS) is 17.4. The number of aryl methyl sites for hydroxylation is 1. The van der Waals surface area contributed by atoms with Crippen LogP contribution in [-0.2, 0) is 11.2 Å². The number of rotatable bonds is 6. The van der Waals surface area contributed by atoms with Crippen molar-refractivity contribution < 1.29 is 9.53 Å². The lowest BCUT2D eigenvalue weighted by Gasteiger charge is -2.25. The van der Waals surface area contributed by atoms with Gasteiger partial charge in [-0.05, 0) is 71.0 Å². The molecule has 23 heavy (non-hydrogen) atoms. The number of fused-ring (bicyclic) bond motifs is 1. The van der Waals surface area contributed by atoms with Crippen LogP contribution in [0.3, 0.4) is 0 Å². The van der Waals surface area contributed by atoms with E-state index in [4.69, 9.17) is 4.74 Å². The maximum Gasteiger partial charge on any atom is 0.407 e. The predicted octanol–water partition coefficient (Wildman–Crippen LogP) is 3.35. The molecule has 0 saturated heterocycles. The average molecular weight is 319 g/mol. The molecule has 1 heterocycles. The third kappa shape index (κ3) is 6.18. The summed E-state index contributed by atoms with van der Waals surface area (Å²) in [5.74, 6) is 0. The number of ether oxygens (including phenoxy) is 1. The Morgan fingerprint density at radius 1 is 1.35 bits per heavy atom. The highest BCUT2D eigenvalue weighted by Gasteiger charge is 2.20. The Labute approximate surface area is 139 Å². The van der Waals surface area contributed by atoms with Crippen LogP contribution in [0.2, 0.25) is 0 Å². The van der Waals surface area contributed by atoms with Crippen molar-refractivity contribution in [3.8, 4) is 0 Å². The summed E-state index contributed by atoms with van der Waals surface area (Å²) in [4.78, 5) is 16.1. The molecule has 0 spiro atoms. The van der Waals surface area contributed by atoms with Gasteiger partial charge in [-0.3, -0.25) is 4.98 Å². The minimum Gasteiger partial charge on any atom is -0.444 e. The highest BCUT2D eigenvalue weighted by molar-refractivity contribution is 5.67. The molecule has 1 aliphatic carbocycles. The fourth-order valence-corrected chi connectivity index (χ4v) is 2.84. The number of amides is 1. The zero-order valence-electron chi connectivity index (χ0n) is 14.5. The van der Waals surface area contributed by atoms with Gasteiger partial charge in [-0.1, -0.05) is 6.07 Å². The molecule has 2 rings (SSSR count). The van der Waals surface area contributed by atoms with E-state index >= 15 is 0 Å². The van der Waals surface area contributed by atoms with Crippen LogP contribution in [0, 0.1) is 0 Å². The van der Waals surface area contributed by atoms with E-state index in [-0.39, 0.29) is 6.09 Å². The number of alkyl carbamates (subject to hydrolysis) is 1. The molecule has 1 aliphatic rings. The van der Waals surface area contributed by atoms with Crippen LogP contribution < -0.4 is 10.6 Å². The molecule has 0 aliphatic heterocycles. The summed E-state index contributed by atoms with van der Waals surface area (Å²) in [6, 6.07) is 4.57. The van der Waals surface area contributed by atoms with Gasteiger partial charge < -0.3 is 15.4 Å². The number of aromatic nitrogens is 1. The average Bonchev–Trinajstić information content (AvgIpc) is 2.49. The number of carbonyl (C=O) groups excluding carboxylic acids is 1. The summed E-state index contributed by atoms with van der Waals surface area (Å²) in [6.45, 7) is 7.19. The van der Waals surface area contributed by atoms with Gasteiger partial charge in [0, 0.05) is 18.8 Å². The van der Waals surface area contributed by atoms with Gasteiger partial charge in [-0.15, -0.1) is 0 Å². The van der Waals surface area contributed by atoms with E-state index < -0.39 is 5.60 Å². The van der Waals surface area contributed by atoms with E-state index in [9.17, 15) is 4.79 Å². The number of carbonyl (C=O) groups is 1. The van der Waals surface area contributed by atoms with Gasteiger partial charge in [-0.25, -0.2) is 4.79 Å². The SMILES string of the molecule is CC(C)(C)OC(=O)NCCCCN[C@@H]1CCCc2cccnc21. The Morgan fingerprint density at radius 3 is 2.91 bits per heavy atom. The molecule has 0 unspecified atom stereocenters. The van der Waals surface area contributed by atoms with Crippen molar-refractivity contribution in [3.63, 3.8) is 0 Å². The minimum absolute atomic E-state index is 0.337. The first-order chi connectivity index (χ1) is 11.0. The maximum absolute atomic E-state index is 11.5. The van der Waals surface area contributed by atoms with Crippen LogP contribution in [0.5, 0.6) is 0 Å². The van der Waals surface area contributed by atoms with Crippen LogP contribution in [0.4, 0.5) is 4.79 Å². The smallest absolute Gasteiger partial charge is 0.407 e. The van der Waals surface area contributed by atoms with Crippen molar-refractivity contribution in [2.45, 2.75) is 64.5 Å². The second-order valence-corrected chi connectivity index (χ2v) is 7.08. The molecule has 5 nitrogen and oxygen atoms in total. The maximum atomic E-state index is 11.5. The molecule has 5 heteroatoms. The van der Waals surface area contributed by atoms with Crippen molar-refractivity contribution in [2.75, 3.05) is 13.1 Å².